The molecule has 2 heterocycles. The molecular formula is C16H21N3O. The zero-order valence-electron chi connectivity index (χ0n) is 12.2. The summed E-state index contributed by atoms with van der Waals surface area (Å²) in [5.74, 6) is 0.411. The number of pyridine rings is 1. The molecular weight excluding hydrogens is 250 g/mol. The summed E-state index contributed by atoms with van der Waals surface area (Å²) in [6.07, 6.45) is 4.70. The fourth-order valence-corrected chi connectivity index (χ4v) is 3.16. The Labute approximate surface area is 119 Å². The number of rotatable bonds is 3. The van der Waals surface area contributed by atoms with E-state index in [0.717, 1.165) is 38.0 Å². The fraction of sp³-hybridized carbons (Fsp3) is 0.500. The van der Waals surface area contributed by atoms with Gasteiger partial charge in [-0.1, -0.05) is 6.07 Å². The smallest absolute Gasteiger partial charge is 0.226 e. The molecule has 20 heavy (non-hydrogen) atoms. The van der Waals surface area contributed by atoms with Gasteiger partial charge in [0.25, 0.3) is 0 Å². The maximum atomic E-state index is 12.5. The van der Waals surface area contributed by atoms with Crippen LogP contribution in [0.25, 0.3) is 5.65 Å². The maximum Gasteiger partial charge on any atom is 0.226 e. The van der Waals surface area contributed by atoms with Gasteiger partial charge in [-0.05, 0) is 38.8 Å². The second-order valence-electron chi connectivity index (χ2n) is 5.38. The van der Waals surface area contributed by atoms with Crippen LogP contribution in [0.1, 0.15) is 31.7 Å². The van der Waals surface area contributed by atoms with Gasteiger partial charge in [0.1, 0.15) is 5.65 Å². The second kappa shape index (κ2) is 5.27. The summed E-state index contributed by atoms with van der Waals surface area (Å²) < 4.78 is 2.14. The number of aromatic nitrogens is 2. The number of hydrogen-bond donors (Lipinski definition) is 0. The van der Waals surface area contributed by atoms with Crippen molar-refractivity contribution < 1.29 is 4.79 Å². The van der Waals surface area contributed by atoms with Crippen molar-refractivity contribution in [3.05, 3.63) is 35.8 Å². The predicted molar refractivity (Wildman–Crippen MR) is 78.6 cm³/mol. The van der Waals surface area contributed by atoms with E-state index in [2.05, 4.69) is 9.38 Å². The van der Waals surface area contributed by atoms with Gasteiger partial charge in [0.2, 0.25) is 5.91 Å². The van der Waals surface area contributed by atoms with Gasteiger partial charge in [0, 0.05) is 37.3 Å². The van der Waals surface area contributed by atoms with Gasteiger partial charge >= 0.3 is 0 Å². The quantitative estimate of drug-likeness (QED) is 0.859. The van der Waals surface area contributed by atoms with E-state index in [1.807, 2.05) is 43.1 Å². The number of aryl methyl sites for hydroxylation is 1. The van der Waals surface area contributed by atoms with Crippen LogP contribution in [0, 0.1) is 5.92 Å². The number of hydrogen-bond acceptors (Lipinski definition) is 2. The van der Waals surface area contributed by atoms with E-state index in [9.17, 15) is 4.79 Å². The summed E-state index contributed by atoms with van der Waals surface area (Å²) in [7, 11) is 0. The van der Waals surface area contributed by atoms with Crippen molar-refractivity contribution in [2.24, 2.45) is 5.92 Å². The lowest BCUT2D eigenvalue weighted by Gasteiger charge is -2.27. The molecule has 1 aliphatic rings. The Morgan fingerprint density at radius 2 is 2.20 bits per heavy atom. The highest BCUT2D eigenvalue weighted by molar-refractivity contribution is 5.79. The van der Waals surface area contributed by atoms with Gasteiger partial charge in [-0.25, -0.2) is 4.98 Å². The first-order chi connectivity index (χ1) is 9.74. The van der Waals surface area contributed by atoms with Gasteiger partial charge in [-0.3, -0.25) is 4.79 Å². The number of fused-ring (bicyclic) bond motifs is 3. The molecule has 3 rings (SSSR count). The molecule has 106 valence electrons. The molecule has 0 saturated heterocycles. The van der Waals surface area contributed by atoms with E-state index >= 15 is 0 Å². The van der Waals surface area contributed by atoms with Gasteiger partial charge in [0.05, 0.1) is 5.69 Å². The van der Waals surface area contributed by atoms with E-state index in [0.29, 0.717) is 5.91 Å². The van der Waals surface area contributed by atoms with Crippen molar-refractivity contribution in [1.29, 1.82) is 0 Å². The fourth-order valence-electron chi connectivity index (χ4n) is 3.16. The first kappa shape index (κ1) is 13.2. The minimum absolute atomic E-state index is 0.113. The molecule has 0 fully saturated rings. The van der Waals surface area contributed by atoms with Gasteiger partial charge < -0.3 is 9.30 Å². The van der Waals surface area contributed by atoms with Crippen molar-refractivity contribution in [3.63, 3.8) is 0 Å². The number of nitrogens with zero attached hydrogens (tertiary/aromatic N) is 3. The summed E-state index contributed by atoms with van der Waals surface area (Å²) in [4.78, 5) is 19.1. The predicted octanol–water partition coefficient (Wildman–Crippen LogP) is 2.31. The molecule has 0 aromatic carbocycles. The molecule has 0 bridgehead atoms. The summed E-state index contributed by atoms with van der Waals surface area (Å²) >= 11 is 0. The summed E-state index contributed by atoms with van der Waals surface area (Å²) in [6, 6.07) is 6.05. The minimum atomic E-state index is 0.113. The lowest BCUT2D eigenvalue weighted by molar-refractivity contribution is -0.135. The molecule has 1 unspecified atom stereocenters. The summed E-state index contributed by atoms with van der Waals surface area (Å²) in [6.45, 7) is 5.69. The molecule has 0 N–H and O–H groups in total. The third-order valence-electron chi connectivity index (χ3n) is 4.31. The molecule has 1 amide bonds. The molecule has 2 aromatic heterocycles. The van der Waals surface area contributed by atoms with Crippen LogP contribution in [-0.2, 0) is 17.6 Å². The minimum Gasteiger partial charge on any atom is -0.343 e. The SMILES string of the molecule is CCN(CC)C(=O)C1CCc2nc3ccccn3c2C1. The summed E-state index contributed by atoms with van der Waals surface area (Å²) in [5, 5.41) is 0. The van der Waals surface area contributed by atoms with E-state index in [-0.39, 0.29) is 5.92 Å². The molecule has 4 nitrogen and oxygen atoms in total. The summed E-state index contributed by atoms with van der Waals surface area (Å²) in [5.41, 5.74) is 3.38. The monoisotopic (exact) mass is 271 g/mol. The van der Waals surface area contributed by atoms with Crippen LogP contribution < -0.4 is 0 Å². The van der Waals surface area contributed by atoms with Crippen LogP contribution in [0.3, 0.4) is 0 Å². The van der Waals surface area contributed by atoms with E-state index in [4.69, 9.17) is 0 Å². The van der Waals surface area contributed by atoms with Crippen LogP contribution >= 0.6 is 0 Å². The van der Waals surface area contributed by atoms with E-state index in [1.165, 1.54) is 11.4 Å². The van der Waals surface area contributed by atoms with E-state index < -0.39 is 0 Å². The van der Waals surface area contributed by atoms with Crippen LogP contribution in [0.2, 0.25) is 0 Å². The van der Waals surface area contributed by atoms with Crippen LogP contribution in [0.4, 0.5) is 0 Å². The zero-order valence-corrected chi connectivity index (χ0v) is 12.2. The Kier molecular flexibility index (Phi) is 3.47. The first-order valence-electron chi connectivity index (χ1n) is 7.48. The lowest BCUT2D eigenvalue weighted by Crippen LogP contribution is -2.38. The van der Waals surface area contributed by atoms with Gasteiger partial charge in [-0.2, -0.15) is 0 Å². The number of carbonyl (C=O) groups excluding carboxylic acids is 1. The highest BCUT2D eigenvalue weighted by Crippen LogP contribution is 2.27. The number of imidazole rings is 1. The Hall–Kier alpha value is -1.84. The average molecular weight is 271 g/mol. The molecule has 1 aliphatic carbocycles. The van der Waals surface area contributed by atoms with Gasteiger partial charge in [0.15, 0.2) is 0 Å². The zero-order chi connectivity index (χ0) is 14.1. The molecule has 1 atom stereocenters. The lowest BCUT2D eigenvalue weighted by atomic mass is 9.88. The normalized spacial score (nSPS) is 18.0. The standard InChI is InChI=1S/C16H21N3O/c1-3-18(4-2)16(20)12-8-9-13-14(11-12)19-10-6-5-7-15(19)17-13/h5-7,10,12H,3-4,8-9,11H2,1-2H3. The van der Waals surface area contributed by atoms with Crippen LogP contribution in [-0.4, -0.2) is 33.3 Å². The third-order valence-corrected chi connectivity index (χ3v) is 4.31. The van der Waals surface area contributed by atoms with Crippen LogP contribution in [0.15, 0.2) is 24.4 Å². The Balaban J connectivity index is 1.89. The molecule has 0 aliphatic heterocycles. The highest BCUT2D eigenvalue weighted by Gasteiger charge is 2.29. The second-order valence-corrected chi connectivity index (χ2v) is 5.38. The number of amides is 1. The van der Waals surface area contributed by atoms with Gasteiger partial charge in [-0.15, -0.1) is 0 Å². The van der Waals surface area contributed by atoms with Crippen molar-refractivity contribution in [2.75, 3.05) is 13.1 Å². The average Bonchev–Trinajstić information content (AvgIpc) is 2.86. The highest BCUT2D eigenvalue weighted by atomic mass is 16.2. The Bertz CT molecular complexity index is 628. The van der Waals surface area contributed by atoms with Crippen molar-refractivity contribution in [1.82, 2.24) is 14.3 Å². The first-order valence-corrected chi connectivity index (χ1v) is 7.48. The topological polar surface area (TPSA) is 37.6 Å². The maximum absolute atomic E-state index is 12.5. The molecule has 4 heteroatoms. The van der Waals surface area contributed by atoms with E-state index in [1.54, 1.807) is 0 Å². The largest absolute Gasteiger partial charge is 0.343 e. The van der Waals surface area contributed by atoms with Crippen LogP contribution in [0.5, 0.6) is 0 Å². The number of carbonyl (C=O) groups is 1. The van der Waals surface area contributed by atoms with Crippen molar-refractivity contribution in [2.45, 2.75) is 33.1 Å². The van der Waals surface area contributed by atoms with Crippen molar-refractivity contribution >= 4 is 11.6 Å². The van der Waals surface area contributed by atoms with Crippen molar-refractivity contribution in [3.8, 4) is 0 Å². The Morgan fingerprint density at radius 1 is 1.40 bits per heavy atom. The molecule has 2 aromatic rings. The molecule has 0 spiro atoms. The molecule has 0 saturated carbocycles. The Morgan fingerprint density at radius 3 is 2.95 bits per heavy atom. The molecule has 0 radical (unpaired) electrons. The third kappa shape index (κ3) is 2.09.